The third kappa shape index (κ3) is 8.71. The summed E-state index contributed by atoms with van der Waals surface area (Å²) >= 11 is 0. The zero-order valence-electron chi connectivity index (χ0n) is 16.1. The van der Waals surface area contributed by atoms with Gasteiger partial charge in [0.05, 0.1) is 6.61 Å². The Hall–Kier alpha value is -1.84. The summed E-state index contributed by atoms with van der Waals surface area (Å²) in [7, 11) is 0. The molecule has 0 heterocycles. The van der Waals surface area contributed by atoms with Gasteiger partial charge in [0.1, 0.15) is 6.04 Å². The molecule has 1 rings (SSSR count). The van der Waals surface area contributed by atoms with Gasteiger partial charge in [0.15, 0.2) is 0 Å². The Morgan fingerprint density at radius 2 is 1.68 bits per heavy atom. The van der Waals surface area contributed by atoms with Gasteiger partial charge in [-0.1, -0.05) is 64.2 Å². The lowest BCUT2D eigenvalue weighted by Crippen LogP contribution is -2.42. The Labute approximate surface area is 152 Å². The smallest absolute Gasteiger partial charge is 0.328 e. The van der Waals surface area contributed by atoms with Crippen LogP contribution in [0.1, 0.15) is 75.2 Å². The summed E-state index contributed by atoms with van der Waals surface area (Å²) in [5, 5.41) is 2.83. The minimum atomic E-state index is -0.593. The molecule has 1 atom stereocenters. The van der Waals surface area contributed by atoms with Gasteiger partial charge in [-0.25, -0.2) is 4.79 Å². The Morgan fingerprint density at radius 1 is 1.04 bits per heavy atom. The van der Waals surface area contributed by atoms with Crippen LogP contribution >= 0.6 is 0 Å². The molecule has 1 amide bonds. The average Bonchev–Trinajstić information content (AvgIpc) is 2.57. The van der Waals surface area contributed by atoms with Crippen LogP contribution in [0.3, 0.4) is 0 Å². The van der Waals surface area contributed by atoms with Gasteiger partial charge in [-0.05, 0) is 37.8 Å². The van der Waals surface area contributed by atoms with Crippen molar-refractivity contribution in [3.8, 4) is 0 Å². The maximum Gasteiger partial charge on any atom is 0.328 e. The summed E-state index contributed by atoms with van der Waals surface area (Å²) in [4.78, 5) is 24.7. The molecule has 25 heavy (non-hydrogen) atoms. The average molecular weight is 347 g/mol. The van der Waals surface area contributed by atoms with Crippen molar-refractivity contribution in [2.45, 2.75) is 72.3 Å². The van der Waals surface area contributed by atoms with Gasteiger partial charge in [-0.2, -0.15) is 0 Å². The fourth-order valence-electron chi connectivity index (χ4n) is 2.61. The van der Waals surface area contributed by atoms with Crippen LogP contribution in [0, 0.1) is 12.8 Å². The Balaban J connectivity index is 2.53. The molecule has 1 unspecified atom stereocenters. The van der Waals surface area contributed by atoms with Crippen molar-refractivity contribution in [3.05, 3.63) is 35.4 Å². The van der Waals surface area contributed by atoms with Crippen molar-refractivity contribution < 1.29 is 14.3 Å². The number of amides is 1. The molecule has 0 aromatic heterocycles. The highest BCUT2D eigenvalue weighted by Gasteiger charge is 2.23. The third-order valence-electron chi connectivity index (χ3n) is 4.10. The second-order valence-electron chi connectivity index (χ2n) is 7.10. The first-order valence-electron chi connectivity index (χ1n) is 9.48. The zero-order valence-corrected chi connectivity index (χ0v) is 16.1. The van der Waals surface area contributed by atoms with Crippen LogP contribution in [0.25, 0.3) is 0 Å². The second-order valence-corrected chi connectivity index (χ2v) is 7.10. The molecule has 0 fully saturated rings. The summed E-state index contributed by atoms with van der Waals surface area (Å²) in [6.07, 6.45) is 6.12. The van der Waals surface area contributed by atoms with E-state index in [2.05, 4.69) is 12.2 Å². The molecule has 0 bridgehead atoms. The van der Waals surface area contributed by atoms with Crippen LogP contribution < -0.4 is 5.32 Å². The highest BCUT2D eigenvalue weighted by molar-refractivity contribution is 5.96. The van der Waals surface area contributed by atoms with E-state index in [0.717, 1.165) is 18.4 Å². The van der Waals surface area contributed by atoms with E-state index in [1.807, 2.05) is 32.9 Å². The molecule has 0 spiro atoms. The fourth-order valence-corrected chi connectivity index (χ4v) is 2.61. The molecule has 4 nitrogen and oxygen atoms in total. The van der Waals surface area contributed by atoms with E-state index in [9.17, 15) is 9.59 Å². The Morgan fingerprint density at radius 3 is 2.28 bits per heavy atom. The highest BCUT2D eigenvalue weighted by Crippen LogP contribution is 2.10. The normalized spacial score (nSPS) is 12.0. The number of rotatable bonds is 11. The van der Waals surface area contributed by atoms with Crippen molar-refractivity contribution in [1.82, 2.24) is 5.32 Å². The predicted octanol–water partition coefficient (Wildman–Crippen LogP) is 4.65. The number of benzene rings is 1. The molecule has 0 aliphatic rings. The Bertz CT molecular complexity index is 522. The van der Waals surface area contributed by atoms with E-state index in [-0.39, 0.29) is 11.9 Å². The SMILES string of the molecule is CCCCCCCOC(=O)C(CC(C)C)NC(=O)c1ccc(C)cc1. The number of aryl methyl sites for hydroxylation is 1. The summed E-state index contributed by atoms with van der Waals surface area (Å²) < 4.78 is 5.39. The van der Waals surface area contributed by atoms with E-state index >= 15 is 0 Å². The van der Waals surface area contributed by atoms with Crippen LogP contribution in [0.2, 0.25) is 0 Å². The number of hydrogen-bond donors (Lipinski definition) is 1. The Kier molecular flexibility index (Phi) is 9.90. The lowest BCUT2D eigenvalue weighted by molar-refractivity contribution is -0.146. The van der Waals surface area contributed by atoms with Gasteiger partial charge in [-0.3, -0.25) is 4.79 Å². The van der Waals surface area contributed by atoms with E-state index in [0.29, 0.717) is 24.5 Å². The van der Waals surface area contributed by atoms with Crippen molar-refractivity contribution in [3.63, 3.8) is 0 Å². The quantitative estimate of drug-likeness (QED) is 0.468. The lowest BCUT2D eigenvalue weighted by atomic mass is 10.0. The van der Waals surface area contributed by atoms with E-state index in [1.165, 1.54) is 19.3 Å². The summed E-state index contributed by atoms with van der Waals surface area (Å²) in [6, 6.07) is 6.73. The molecule has 0 radical (unpaired) electrons. The molecule has 0 saturated carbocycles. The van der Waals surface area contributed by atoms with Crippen LogP contribution in [-0.2, 0) is 9.53 Å². The molecule has 140 valence electrons. The van der Waals surface area contributed by atoms with Gasteiger partial charge in [0.2, 0.25) is 0 Å². The van der Waals surface area contributed by atoms with E-state index in [1.54, 1.807) is 12.1 Å². The van der Waals surface area contributed by atoms with Gasteiger partial charge in [-0.15, -0.1) is 0 Å². The minimum Gasteiger partial charge on any atom is -0.464 e. The fraction of sp³-hybridized carbons (Fsp3) is 0.619. The molecule has 1 aromatic carbocycles. The molecule has 1 N–H and O–H groups in total. The van der Waals surface area contributed by atoms with Crippen molar-refractivity contribution in [2.24, 2.45) is 5.92 Å². The first kappa shape index (κ1) is 21.2. The molecular formula is C21H33NO3. The zero-order chi connectivity index (χ0) is 18.7. The topological polar surface area (TPSA) is 55.4 Å². The first-order chi connectivity index (χ1) is 11.9. The van der Waals surface area contributed by atoms with Crippen LogP contribution in [0.5, 0.6) is 0 Å². The van der Waals surface area contributed by atoms with Crippen molar-refractivity contribution in [1.29, 1.82) is 0 Å². The number of carbonyl (C=O) groups excluding carboxylic acids is 2. The number of carbonyl (C=O) groups is 2. The van der Waals surface area contributed by atoms with E-state index in [4.69, 9.17) is 4.74 Å². The van der Waals surface area contributed by atoms with Crippen LogP contribution in [0.4, 0.5) is 0 Å². The molecular weight excluding hydrogens is 314 g/mol. The van der Waals surface area contributed by atoms with Crippen LogP contribution in [0.15, 0.2) is 24.3 Å². The van der Waals surface area contributed by atoms with Crippen molar-refractivity contribution >= 4 is 11.9 Å². The maximum absolute atomic E-state index is 12.4. The predicted molar refractivity (Wildman–Crippen MR) is 102 cm³/mol. The van der Waals surface area contributed by atoms with Gasteiger partial charge < -0.3 is 10.1 Å². The van der Waals surface area contributed by atoms with Gasteiger partial charge in [0.25, 0.3) is 5.91 Å². The standard InChI is InChI=1S/C21H33NO3/c1-5-6-7-8-9-14-25-21(24)19(15-16(2)3)22-20(23)18-12-10-17(4)11-13-18/h10-13,16,19H,5-9,14-15H2,1-4H3,(H,22,23). The number of nitrogens with one attached hydrogen (secondary N) is 1. The molecule has 1 aromatic rings. The molecule has 0 saturated heterocycles. The highest BCUT2D eigenvalue weighted by atomic mass is 16.5. The van der Waals surface area contributed by atoms with E-state index < -0.39 is 6.04 Å². The van der Waals surface area contributed by atoms with Crippen molar-refractivity contribution in [2.75, 3.05) is 6.61 Å². The summed E-state index contributed by atoms with van der Waals surface area (Å²) in [5.41, 5.74) is 1.66. The van der Waals surface area contributed by atoms with Gasteiger partial charge in [0, 0.05) is 5.56 Å². The largest absolute Gasteiger partial charge is 0.464 e. The monoisotopic (exact) mass is 347 g/mol. The maximum atomic E-state index is 12.4. The minimum absolute atomic E-state index is 0.231. The van der Waals surface area contributed by atoms with Crippen LogP contribution in [-0.4, -0.2) is 24.5 Å². The summed E-state index contributed by atoms with van der Waals surface area (Å²) in [6.45, 7) is 8.64. The number of esters is 1. The molecule has 4 heteroatoms. The number of unbranched alkanes of at least 4 members (excludes halogenated alkanes) is 4. The third-order valence-corrected chi connectivity index (χ3v) is 4.10. The summed E-state index contributed by atoms with van der Waals surface area (Å²) in [5.74, 6) is -0.268. The lowest BCUT2D eigenvalue weighted by Gasteiger charge is -2.19. The second kappa shape index (κ2) is 11.7. The number of ether oxygens (including phenoxy) is 1. The first-order valence-corrected chi connectivity index (χ1v) is 9.48. The van der Waals surface area contributed by atoms with Gasteiger partial charge >= 0.3 is 5.97 Å². The molecule has 0 aliphatic carbocycles. The molecule has 0 aliphatic heterocycles. The number of hydrogen-bond acceptors (Lipinski definition) is 3.